The smallest absolute Gasteiger partial charge is 0.321 e. The number of ether oxygens (including phenoxy) is 2. The van der Waals surface area contributed by atoms with Crippen molar-refractivity contribution in [1.29, 1.82) is 0 Å². The molecule has 0 radical (unpaired) electrons. The Morgan fingerprint density at radius 1 is 1.00 bits per heavy atom. The summed E-state index contributed by atoms with van der Waals surface area (Å²) in [6.07, 6.45) is 2.05. The Balaban J connectivity index is 1.40. The van der Waals surface area contributed by atoms with E-state index in [1.807, 2.05) is 48.5 Å². The van der Waals surface area contributed by atoms with Gasteiger partial charge in [-0.25, -0.2) is 4.79 Å². The molecule has 2 aromatic rings. The maximum atomic E-state index is 12.5. The van der Waals surface area contributed by atoms with Gasteiger partial charge in [0.25, 0.3) is 0 Å². The van der Waals surface area contributed by atoms with Gasteiger partial charge in [-0.2, -0.15) is 0 Å². The summed E-state index contributed by atoms with van der Waals surface area (Å²) in [7, 11) is 3.21. The lowest BCUT2D eigenvalue weighted by molar-refractivity contribution is -0.126. The number of methoxy groups -OCH3 is 2. The van der Waals surface area contributed by atoms with Crippen molar-refractivity contribution in [2.75, 3.05) is 39.2 Å². The Kier molecular flexibility index (Phi) is 7.54. The first-order valence-corrected chi connectivity index (χ1v) is 10.2. The molecule has 1 aliphatic heterocycles. The normalized spacial score (nSPS) is 14.1. The summed E-state index contributed by atoms with van der Waals surface area (Å²) in [5.74, 6) is 1.37. The summed E-state index contributed by atoms with van der Waals surface area (Å²) in [4.78, 5) is 26.6. The zero-order chi connectivity index (χ0) is 21.3. The molecule has 0 spiro atoms. The number of para-hydroxylation sites is 1. The summed E-state index contributed by atoms with van der Waals surface area (Å²) < 4.78 is 10.6. The Hall–Kier alpha value is -3.22. The summed E-state index contributed by atoms with van der Waals surface area (Å²) in [5, 5.41) is 5.91. The third-order valence-corrected chi connectivity index (χ3v) is 5.34. The van der Waals surface area contributed by atoms with Gasteiger partial charge in [-0.1, -0.05) is 24.3 Å². The minimum absolute atomic E-state index is 0.0543. The molecule has 0 unspecified atom stereocenters. The fraction of sp³-hybridized carbons (Fsp3) is 0.391. The summed E-state index contributed by atoms with van der Waals surface area (Å²) in [5.41, 5.74) is 1.85. The molecule has 2 N–H and O–H groups in total. The molecule has 2 aromatic carbocycles. The first-order chi connectivity index (χ1) is 14.6. The molecule has 3 rings (SSSR count). The number of piperidine rings is 1. The predicted octanol–water partition coefficient (Wildman–Crippen LogP) is 3.31. The van der Waals surface area contributed by atoms with Crippen LogP contribution in [0.15, 0.2) is 48.5 Å². The van der Waals surface area contributed by atoms with Gasteiger partial charge in [-0.3, -0.25) is 4.79 Å². The maximum Gasteiger partial charge on any atom is 0.321 e. The lowest BCUT2D eigenvalue weighted by Gasteiger charge is -2.31. The average Bonchev–Trinajstić information content (AvgIpc) is 2.79. The molecule has 3 amide bonds. The summed E-state index contributed by atoms with van der Waals surface area (Å²) >= 11 is 0. The third kappa shape index (κ3) is 5.65. The summed E-state index contributed by atoms with van der Waals surface area (Å²) in [6.45, 7) is 1.71. The van der Waals surface area contributed by atoms with E-state index in [1.165, 1.54) is 0 Å². The van der Waals surface area contributed by atoms with Crippen molar-refractivity contribution >= 4 is 17.6 Å². The number of carbonyl (C=O) groups excluding carboxylic acids is 2. The van der Waals surface area contributed by atoms with Gasteiger partial charge >= 0.3 is 6.03 Å². The first kappa shape index (κ1) is 21.5. The number of nitrogens with zero attached hydrogens (tertiary/aromatic N) is 1. The zero-order valence-electron chi connectivity index (χ0n) is 17.5. The molecule has 0 aromatic heterocycles. The van der Waals surface area contributed by atoms with Crippen molar-refractivity contribution in [1.82, 2.24) is 10.2 Å². The highest BCUT2D eigenvalue weighted by Crippen LogP contribution is 2.27. The van der Waals surface area contributed by atoms with Crippen molar-refractivity contribution in [3.63, 3.8) is 0 Å². The maximum absolute atomic E-state index is 12.5. The SMILES string of the molecule is COc1ccc(CCNC(=O)C2CCN(C(=O)Nc3ccccc3)CC2)cc1OC. The van der Waals surface area contributed by atoms with E-state index in [9.17, 15) is 9.59 Å². The van der Waals surface area contributed by atoms with Gasteiger partial charge in [0, 0.05) is 31.2 Å². The van der Waals surface area contributed by atoms with E-state index in [1.54, 1.807) is 19.1 Å². The molecule has 0 bridgehead atoms. The molecule has 7 heteroatoms. The highest BCUT2D eigenvalue weighted by atomic mass is 16.5. The van der Waals surface area contributed by atoms with Crippen LogP contribution in [0.5, 0.6) is 11.5 Å². The number of hydrogen-bond donors (Lipinski definition) is 2. The van der Waals surface area contributed by atoms with Crippen molar-refractivity contribution in [2.45, 2.75) is 19.3 Å². The molecule has 0 aliphatic carbocycles. The molecular weight excluding hydrogens is 382 g/mol. The van der Waals surface area contributed by atoms with Crippen LogP contribution in [-0.2, 0) is 11.2 Å². The highest BCUT2D eigenvalue weighted by molar-refractivity contribution is 5.89. The van der Waals surface area contributed by atoms with Gasteiger partial charge in [0.2, 0.25) is 5.91 Å². The monoisotopic (exact) mass is 411 g/mol. The van der Waals surface area contributed by atoms with Gasteiger partial charge in [0.1, 0.15) is 0 Å². The lowest BCUT2D eigenvalue weighted by Crippen LogP contribution is -2.44. The Labute approximate surface area is 177 Å². The van der Waals surface area contributed by atoms with Crippen molar-refractivity contribution in [3.05, 3.63) is 54.1 Å². The van der Waals surface area contributed by atoms with E-state index in [0.717, 1.165) is 11.3 Å². The molecule has 0 atom stereocenters. The highest BCUT2D eigenvalue weighted by Gasteiger charge is 2.27. The van der Waals surface area contributed by atoms with E-state index in [-0.39, 0.29) is 17.9 Å². The van der Waals surface area contributed by atoms with Crippen LogP contribution >= 0.6 is 0 Å². The van der Waals surface area contributed by atoms with E-state index >= 15 is 0 Å². The van der Waals surface area contributed by atoms with Gasteiger partial charge < -0.3 is 25.0 Å². The van der Waals surface area contributed by atoms with Crippen LogP contribution in [0.1, 0.15) is 18.4 Å². The van der Waals surface area contributed by atoms with Gasteiger partial charge in [0.05, 0.1) is 14.2 Å². The largest absolute Gasteiger partial charge is 0.493 e. The molecule has 30 heavy (non-hydrogen) atoms. The van der Waals surface area contributed by atoms with Gasteiger partial charge in [0.15, 0.2) is 11.5 Å². The van der Waals surface area contributed by atoms with Crippen LogP contribution in [0.3, 0.4) is 0 Å². The topological polar surface area (TPSA) is 79.9 Å². The minimum atomic E-state index is -0.117. The van der Waals surface area contributed by atoms with Crippen LogP contribution < -0.4 is 20.1 Å². The zero-order valence-corrected chi connectivity index (χ0v) is 17.5. The van der Waals surface area contributed by atoms with Crippen LogP contribution in [0, 0.1) is 5.92 Å². The van der Waals surface area contributed by atoms with E-state index in [4.69, 9.17) is 9.47 Å². The van der Waals surface area contributed by atoms with Crippen molar-refractivity contribution in [3.8, 4) is 11.5 Å². The molecule has 7 nitrogen and oxygen atoms in total. The van der Waals surface area contributed by atoms with Gasteiger partial charge in [-0.05, 0) is 49.1 Å². The predicted molar refractivity (Wildman–Crippen MR) is 116 cm³/mol. The van der Waals surface area contributed by atoms with E-state index < -0.39 is 0 Å². The second kappa shape index (κ2) is 10.5. The Bertz CT molecular complexity index is 849. The molecule has 1 aliphatic rings. The fourth-order valence-electron chi connectivity index (χ4n) is 3.58. The molecular formula is C23H29N3O4. The number of rotatable bonds is 7. The number of carbonyl (C=O) groups is 2. The lowest BCUT2D eigenvalue weighted by atomic mass is 9.96. The number of anilines is 1. The average molecular weight is 412 g/mol. The molecule has 1 saturated heterocycles. The number of urea groups is 1. The molecule has 160 valence electrons. The quantitative estimate of drug-likeness (QED) is 0.733. The van der Waals surface area contributed by atoms with Gasteiger partial charge in [-0.15, -0.1) is 0 Å². The molecule has 1 fully saturated rings. The number of hydrogen-bond acceptors (Lipinski definition) is 4. The van der Waals surface area contributed by atoms with E-state index in [0.29, 0.717) is 50.4 Å². The van der Waals surface area contributed by atoms with Crippen LogP contribution in [0.25, 0.3) is 0 Å². The van der Waals surface area contributed by atoms with Crippen LogP contribution in [0.2, 0.25) is 0 Å². The van der Waals surface area contributed by atoms with Crippen molar-refractivity contribution < 1.29 is 19.1 Å². The standard InChI is InChI=1S/C23H29N3O4/c1-29-20-9-8-17(16-21(20)30-2)10-13-24-22(27)18-11-14-26(15-12-18)23(28)25-19-6-4-3-5-7-19/h3-9,16,18H,10-15H2,1-2H3,(H,24,27)(H,25,28). The molecule has 0 saturated carbocycles. The third-order valence-electron chi connectivity index (χ3n) is 5.34. The number of likely N-dealkylation sites (tertiary alicyclic amines) is 1. The number of nitrogens with one attached hydrogen (secondary N) is 2. The molecule has 1 heterocycles. The second-order valence-corrected chi connectivity index (χ2v) is 7.29. The Morgan fingerprint density at radius 2 is 1.70 bits per heavy atom. The first-order valence-electron chi connectivity index (χ1n) is 10.2. The minimum Gasteiger partial charge on any atom is -0.493 e. The van der Waals surface area contributed by atoms with Crippen LogP contribution in [-0.4, -0.2) is 50.7 Å². The number of amides is 3. The van der Waals surface area contributed by atoms with E-state index in [2.05, 4.69) is 10.6 Å². The second-order valence-electron chi connectivity index (χ2n) is 7.29. The fourth-order valence-corrected chi connectivity index (χ4v) is 3.58. The number of benzene rings is 2. The van der Waals surface area contributed by atoms with Crippen LogP contribution in [0.4, 0.5) is 10.5 Å². The Morgan fingerprint density at radius 3 is 2.37 bits per heavy atom. The summed E-state index contributed by atoms with van der Waals surface area (Å²) in [6, 6.07) is 15.0. The van der Waals surface area contributed by atoms with Crippen molar-refractivity contribution in [2.24, 2.45) is 5.92 Å².